The smallest absolute Gasteiger partial charge is 0.101 e. The molecular formula is C103H73N5. The zero-order valence-electron chi connectivity index (χ0n) is 61.0. The first-order valence-corrected chi connectivity index (χ1v) is 37.8. The van der Waals surface area contributed by atoms with Gasteiger partial charge in [-0.3, -0.25) is 0 Å². The minimum atomic E-state index is -0.0614. The third-order valence-corrected chi connectivity index (χ3v) is 24.8. The zero-order valence-corrected chi connectivity index (χ0v) is 61.0. The van der Waals surface area contributed by atoms with Crippen LogP contribution in [-0.4, -0.2) is 23.9 Å². The minimum absolute atomic E-state index is 0.0557. The predicted octanol–water partition coefficient (Wildman–Crippen LogP) is 26.7. The molecule has 5 nitrogen and oxygen atoms in total. The van der Waals surface area contributed by atoms with Gasteiger partial charge < -0.3 is 13.7 Å². The fourth-order valence-electron chi connectivity index (χ4n) is 19.4. The average molecular weight is 1380 g/mol. The summed E-state index contributed by atoms with van der Waals surface area (Å²) in [5.74, 6) is 0. The summed E-state index contributed by atoms with van der Waals surface area (Å²) in [5, 5.41) is 17.9. The second-order valence-electron chi connectivity index (χ2n) is 31.7. The molecule has 3 aliphatic carbocycles. The van der Waals surface area contributed by atoms with E-state index in [9.17, 15) is 0 Å². The standard InChI is InChI=1S/C103H73N5/c1-101(2)87-34-13-7-28-74(87)81-55-62(40-46-90(81)101)65-43-49-97-84(58-65)77-31-10-16-37-94(77)106(97)71-25-19-22-68(52-71)80-61-93(69-23-20-26-72(53-69)107-95-38-17-11-32-78(95)85-59-66(44-50-98(85)107)63-41-47-91-82(56-63)75-29-8-14-35-88(75)102(91,3)4)104-105-100(80)70-24-21-27-73(54-70)108-96-39-18-12-33-79(96)86-60-67(45-51-99(86)108)64-42-48-92-83(57-64)76-30-9-15-36-89(76)103(92,5)6/h7-61H,1-6H3. The second kappa shape index (κ2) is 22.9. The van der Waals surface area contributed by atoms with Gasteiger partial charge in [-0.1, -0.05) is 260 Å². The van der Waals surface area contributed by atoms with Crippen LogP contribution in [0, 0.1) is 0 Å². The molecule has 4 heterocycles. The van der Waals surface area contributed by atoms with Gasteiger partial charge in [-0.05, 0) is 221 Å². The van der Waals surface area contributed by atoms with Crippen LogP contribution in [0.25, 0.3) is 183 Å². The van der Waals surface area contributed by atoms with Crippen LogP contribution in [0.2, 0.25) is 0 Å². The molecule has 0 aliphatic heterocycles. The summed E-state index contributed by atoms with van der Waals surface area (Å²) in [4.78, 5) is 0. The molecule has 3 aliphatic rings. The number of benzene rings is 15. The molecule has 0 bridgehead atoms. The maximum atomic E-state index is 5.41. The molecule has 0 amide bonds. The molecule has 0 spiro atoms. The number of hydrogen-bond donors (Lipinski definition) is 0. The van der Waals surface area contributed by atoms with Crippen molar-refractivity contribution in [1.29, 1.82) is 0 Å². The highest BCUT2D eigenvalue weighted by Gasteiger charge is 2.38. The normalized spacial score (nSPS) is 14.1. The molecule has 4 aromatic heterocycles. The van der Waals surface area contributed by atoms with Crippen LogP contribution in [0.15, 0.2) is 334 Å². The predicted molar refractivity (Wildman–Crippen MR) is 450 cm³/mol. The van der Waals surface area contributed by atoms with Crippen molar-refractivity contribution in [3.05, 3.63) is 367 Å². The molecule has 22 rings (SSSR count). The lowest BCUT2D eigenvalue weighted by molar-refractivity contribution is 0.660. The van der Waals surface area contributed by atoms with Crippen molar-refractivity contribution in [3.63, 3.8) is 0 Å². The fourth-order valence-corrected chi connectivity index (χ4v) is 19.4. The van der Waals surface area contributed by atoms with E-state index < -0.39 is 0 Å². The Hall–Kier alpha value is -13.2. The van der Waals surface area contributed by atoms with Gasteiger partial charge in [0, 0.05) is 82.3 Å². The van der Waals surface area contributed by atoms with Crippen molar-refractivity contribution in [3.8, 4) is 117 Å². The number of fused-ring (bicyclic) bond motifs is 18. The van der Waals surface area contributed by atoms with Crippen LogP contribution >= 0.6 is 0 Å². The van der Waals surface area contributed by atoms with Crippen molar-refractivity contribution in [2.75, 3.05) is 0 Å². The van der Waals surface area contributed by atoms with Crippen LogP contribution in [0.5, 0.6) is 0 Å². The first-order valence-electron chi connectivity index (χ1n) is 37.8. The highest BCUT2D eigenvalue weighted by Crippen LogP contribution is 2.54. The van der Waals surface area contributed by atoms with E-state index in [0.717, 1.165) is 83.8 Å². The van der Waals surface area contributed by atoms with Gasteiger partial charge in [0.2, 0.25) is 0 Å². The fraction of sp³-hybridized carbons (Fsp3) is 0.0874. The Labute approximate surface area is 627 Å². The highest BCUT2D eigenvalue weighted by molar-refractivity contribution is 6.13. The summed E-state index contributed by atoms with van der Waals surface area (Å²) in [6.45, 7) is 14.1. The molecule has 5 heteroatoms. The highest BCUT2D eigenvalue weighted by atomic mass is 15.1. The van der Waals surface area contributed by atoms with E-state index in [0.29, 0.717) is 0 Å². The Bertz CT molecular complexity index is 7100. The third-order valence-electron chi connectivity index (χ3n) is 24.8. The lowest BCUT2D eigenvalue weighted by Gasteiger charge is -2.21. The van der Waals surface area contributed by atoms with Gasteiger partial charge in [0.15, 0.2) is 0 Å². The molecule has 15 aromatic carbocycles. The molecule has 0 saturated carbocycles. The number of rotatable bonds is 9. The van der Waals surface area contributed by atoms with Gasteiger partial charge in [0.1, 0.15) is 5.69 Å². The van der Waals surface area contributed by atoms with E-state index in [1.807, 2.05) is 0 Å². The van der Waals surface area contributed by atoms with E-state index in [-0.39, 0.29) is 16.2 Å². The first kappa shape index (κ1) is 62.2. The summed E-state index contributed by atoms with van der Waals surface area (Å²) < 4.78 is 7.28. The maximum absolute atomic E-state index is 5.41. The Morgan fingerprint density at radius 2 is 0.500 bits per heavy atom. The average Bonchev–Trinajstić information content (AvgIpc) is 1.57. The lowest BCUT2D eigenvalue weighted by atomic mass is 9.82. The third kappa shape index (κ3) is 9.06. The van der Waals surface area contributed by atoms with E-state index in [1.165, 1.54) is 132 Å². The van der Waals surface area contributed by atoms with Crippen molar-refractivity contribution in [1.82, 2.24) is 23.9 Å². The molecule has 0 fully saturated rings. The SMILES string of the molecule is CC1(C)c2ccccc2-c2cc(-c3ccc4c(c3)c3ccccc3n4-c3cccc(-c4cc(-c5cccc(-n6c7ccccc7c7cc(-c8ccc9c(c8)-c8ccccc8C9(C)C)ccc76)c5)c(-c5cccc(-n6c7ccccc7c7cc(-c8ccc9c(c8)-c8ccccc8C9(C)C)ccc76)c5)nn4)c3)ccc21. The largest absolute Gasteiger partial charge is 0.309 e. The van der Waals surface area contributed by atoms with E-state index in [1.54, 1.807) is 0 Å². The van der Waals surface area contributed by atoms with E-state index in [4.69, 9.17) is 10.2 Å². The summed E-state index contributed by atoms with van der Waals surface area (Å²) >= 11 is 0. The Kier molecular flexibility index (Phi) is 13.2. The molecule has 108 heavy (non-hydrogen) atoms. The van der Waals surface area contributed by atoms with Crippen LogP contribution in [0.3, 0.4) is 0 Å². The molecule has 0 radical (unpaired) electrons. The van der Waals surface area contributed by atoms with Crippen molar-refractivity contribution in [2.45, 2.75) is 57.8 Å². The van der Waals surface area contributed by atoms with Crippen LogP contribution in [0.4, 0.5) is 0 Å². The summed E-state index contributed by atoms with van der Waals surface area (Å²) in [6.07, 6.45) is 0. The Morgan fingerprint density at radius 1 is 0.194 bits per heavy atom. The Balaban J connectivity index is 0.679. The number of aromatic nitrogens is 5. The number of para-hydroxylation sites is 3. The lowest BCUT2D eigenvalue weighted by Crippen LogP contribution is -2.14. The minimum Gasteiger partial charge on any atom is -0.309 e. The van der Waals surface area contributed by atoms with Gasteiger partial charge >= 0.3 is 0 Å². The van der Waals surface area contributed by atoms with Gasteiger partial charge in [-0.15, -0.1) is 10.2 Å². The molecule has 0 unspecified atom stereocenters. The van der Waals surface area contributed by atoms with Crippen molar-refractivity contribution < 1.29 is 0 Å². The monoisotopic (exact) mass is 1380 g/mol. The number of hydrogen-bond acceptors (Lipinski definition) is 2. The zero-order chi connectivity index (χ0) is 72.1. The van der Waals surface area contributed by atoms with Gasteiger partial charge in [0.25, 0.3) is 0 Å². The quantitative estimate of drug-likeness (QED) is 0.144. The molecular weight excluding hydrogens is 1310 g/mol. The molecule has 0 N–H and O–H groups in total. The molecule has 0 atom stereocenters. The van der Waals surface area contributed by atoms with Crippen LogP contribution < -0.4 is 0 Å². The summed E-state index contributed by atoms with van der Waals surface area (Å²) in [7, 11) is 0. The molecule has 0 saturated heterocycles. The topological polar surface area (TPSA) is 40.6 Å². The van der Waals surface area contributed by atoms with E-state index in [2.05, 4.69) is 389 Å². The van der Waals surface area contributed by atoms with Crippen LogP contribution in [0.1, 0.15) is 74.9 Å². The van der Waals surface area contributed by atoms with E-state index >= 15 is 0 Å². The first-order chi connectivity index (χ1) is 52.8. The summed E-state index contributed by atoms with van der Waals surface area (Å²) in [6, 6.07) is 125. The van der Waals surface area contributed by atoms with Crippen LogP contribution in [-0.2, 0) is 16.2 Å². The Morgan fingerprint density at radius 3 is 0.907 bits per heavy atom. The van der Waals surface area contributed by atoms with Gasteiger partial charge in [0.05, 0.1) is 38.8 Å². The number of nitrogens with zero attached hydrogens (tertiary/aromatic N) is 5. The van der Waals surface area contributed by atoms with Crippen molar-refractivity contribution >= 4 is 65.4 Å². The van der Waals surface area contributed by atoms with Gasteiger partial charge in [-0.25, -0.2) is 0 Å². The second-order valence-corrected chi connectivity index (χ2v) is 31.7. The molecule has 19 aromatic rings. The van der Waals surface area contributed by atoms with Gasteiger partial charge in [-0.2, -0.15) is 0 Å². The van der Waals surface area contributed by atoms with Crippen molar-refractivity contribution in [2.24, 2.45) is 0 Å². The maximum Gasteiger partial charge on any atom is 0.101 e. The summed E-state index contributed by atoms with van der Waals surface area (Å²) in [5.41, 5.74) is 38.8. The molecule has 510 valence electrons.